The molecule has 2 aliphatic carbocycles. The summed E-state index contributed by atoms with van der Waals surface area (Å²) >= 11 is 1.42. The van der Waals surface area contributed by atoms with Crippen molar-refractivity contribution in [1.82, 2.24) is 20.1 Å². The van der Waals surface area contributed by atoms with Crippen molar-refractivity contribution < 1.29 is 4.79 Å². The van der Waals surface area contributed by atoms with Gasteiger partial charge in [-0.15, -0.1) is 5.10 Å². The van der Waals surface area contributed by atoms with Gasteiger partial charge in [0.1, 0.15) is 0 Å². The number of thioether (sulfide) groups is 1. The van der Waals surface area contributed by atoms with Gasteiger partial charge in [-0.05, 0) is 35.8 Å². The summed E-state index contributed by atoms with van der Waals surface area (Å²) in [5.74, 6) is 0.977. The molecule has 2 aromatic rings. The van der Waals surface area contributed by atoms with Crippen LogP contribution in [0, 0.1) is 5.41 Å². The van der Waals surface area contributed by atoms with Crippen LogP contribution in [0.25, 0.3) is 0 Å². The lowest BCUT2D eigenvalue weighted by molar-refractivity contribution is -0.129. The molecule has 5 nitrogen and oxygen atoms in total. The van der Waals surface area contributed by atoms with Crippen LogP contribution in [0.5, 0.6) is 0 Å². The number of carbonyl (C=O) groups is 1. The Hall–Kier alpha value is -1.95. The number of rotatable bonds is 3. The second-order valence-electron chi connectivity index (χ2n) is 9.10. The van der Waals surface area contributed by atoms with Crippen LogP contribution in [0.4, 0.5) is 0 Å². The van der Waals surface area contributed by atoms with Crippen LogP contribution in [-0.2, 0) is 23.2 Å². The van der Waals surface area contributed by atoms with Crippen molar-refractivity contribution in [1.29, 1.82) is 0 Å². The van der Waals surface area contributed by atoms with E-state index in [0.717, 1.165) is 30.8 Å². The summed E-state index contributed by atoms with van der Waals surface area (Å²) in [6.45, 7) is 8.47. The smallest absolute Gasteiger partial charge is 0.233 e. The summed E-state index contributed by atoms with van der Waals surface area (Å²) in [5.41, 5.74) is 5.06. The van der Waals surface area contributed by atoms with Crippen LogP contribution < -0.4 is 0 Å². The maximum absolute atomic E-state index is 12.7. The van der Waals surface area contributed by atoms with Crippen LogP contribution in [-0.4, -0.2) is 38.3 Å². The highest BCUT2D eigenvalue weighted by atomic mass is 32.2. The molecule has 0 saturated heterocycles. The number of benzene rings is 1. The van der Waals surface area contributed by atoms with Gasteiger partial charge in [-0.3, -0.25) is 4.79 Å². The standard InChI is InChI=1S/C22H26N4OS/c1-21(2)16-8-10-22(21,3)19-18(16)24-25-20(23-19)28-13-17(27)26-11-9-14-6-4-5-7-15(14)12-26/h4-7,16H,8-13H2,1-3H3. The van der Waals surface area contributed by atoms with E-state index in [9.17, 15) is 4.79 Å². The first-order valence-corrected chi connectivity index (χ1v) is 11.1. The Kier molecular flexibility index (Phi) is 4.06. The average molecular weight is 395 g/mol. The Morgan fingerprint density at radius 3 is 2.82 bits per heavy atom. The zero-order valence-electron chi connectivity index (χ0n) is 16.7. The molecule has 1 fully saturated rings. The number of carbonyl (C=O) groups excluding carboxylic acids is 1. The molecule has 28 heavy (non-hydrogen) atoms. The van der Waals surface area contributed by atoms with Crippen LogP contribution in [0.3, 0.4) is 0 Å². The molecule has 1 aromatic carbocycles. The van der Waals surface area contributed by atoms with E-state index in [0.29, 0.717) is 23.4 Å². The van der Waals surface area contributed by atoms with E-state index in [1.54, 1.807) is 0 Å². The summed E-state index contributed by atoms with van der Waals surface area (Å²) in [6, 6.07) is 8.39. The minimum absolute atomic E-state index is 0.0683. The lowest BCUT2D eigenvalue weighted by Gasteiger charge is -2.34. The van der Waals surface area contributed by atoms with Crippen LogP contribution in [0.15, 0.2) is 29.4 Å². The number of hydrogen-bond acceptors (Lipinski definition) is 5. The molecule has 3 aliphatic rings. The maximum atomic E-state index is 12.7. The predicted octanol–water partition coefficient (Wildman–Crippen LogP) is 3.72. The molecule has 2 atom stereocenters. The summed E-state index contributed by atoms with van der Waals surface area (Å²) in [5, 5.41) is 9.53. The fourth-order valence-corrected chi connectivity index (χ4v) is 6.04. The molecular formula is C22H26N4OS. The molecule has 5 rings (SSSR count). The van der Waals surface area contributed by atoms with E-state index in [1.165, 1.54) is 29.3 Å². The number of amides is 1. The second-order valence-corrected chi connectivity index (χ2v) is 10.0. The second kappa shape index (κ2) is 6.28. The molecule has 2 heterocycles. The average Bonchev–Trinajstić information content (AvgIpc) is 3.04. The van der Waals surface area contributed by atoms with Crippen molar-refractivity contribution in [3.8, 4) is 0 Å². The first-order valence-electron chi connectivity index (χ1n) is 10.1. The number of hydrogen-bond donors (Lipinski definition) is 0. The fraction of sp³-hybridized carbons (Fsp3) is 0.545. The fourth-order valence-electron chi connectivity index (χ4n) is 5.35. The zero-order chi connectivity index (χ0) is 19.5. The Bertz CT molecular complexity index is 959. The molecule has 2 unspecified atom stereocenters. The molecule has 1 amide bonds. The van der Waals surface area contributed by atoms with Gasteiger partial charge in [-0.1, -0.05) is 56.8 Å². The molecule has 2 bridgehead atoms. The topological polar surface area (TPSA) is 59.0 Å². The van der Waals surface area contributed by atoms with E-state index < -0.39 is 0 Å². The Morgan fingerprint density at radius 1 is 1.21 bits per heavy atom. The van der Waals surface area contributed by atoms with Crippen molar-refractivity contribution in [2.75, 3.05) is 12.3 Å². The lowest BCUT2D eigenvalue weighted by Crippen LogP contribution is -2.37. The monoisotopic (exact) mass is 394 g/mol. The molecule has 1 aliphatic heterocycles. The molecule has 1 aromatic heterocycles. The van der Waals surface area contributed by atoms with Crippen LogP contribution in [0.2, 0.25) is 0 Å². The van der Waals surface area contributed by atoms with Gasteiger partial charge in [0.15, 0.2) is 0 Å². The number of aromatic nitrogens is 3. The SMILES string of the molecule is CC12CCC(c3nnc(SCC(=O)N4CCc5ccccc5C4)nc31)C2(C)C. The van der Waals surface area contributed by atoms with Crippen molar-refractivity contribution in [3.63, 3.8) is 0 Å². The summed E-state index contributed by atoms with van der Waals surface area (Å²) < 4.78 is 0. The largest absolute Gasteiger partial charge is 0.337 e. The molecule has 1 saturated carbocycles. The number of nitrogens with zero attached hydrogens (tertiary/aromatic N) is 4. The highest BCUT2D eigenvalue weighted by Crippen LogP contribution is 2.66. The van der Waals surface area contributed by atoms with Crippen molar-refractivity contribution in [3.05, 3.63) is 46.8 Å². The highest BCUT2D eigenvalue weighted by Gasteiger charge is 2.61. The Balaban J connectivity index is 1.28. The van der Waals surface area contributed by atoms with Gasteiger partial charge in [0, 0.05) is 24.4 Å². The van der Waals surface area contributed by atoms with Gasteiger partial charge in [0.05, 0.1) is 17.1 Å². The predicted molar refractivity (Wildman–Crippen MR) is 109 cm³/mol. The minimum atomic E-state index is 0.0683. The van der Waals surface area contributed by atoms with E-state index in [2.05, 4.69) is 49.2 Å². The van der Waals surface area contributed by atoms with Gasteiger partial charge in [0.25, 0.3) is 0 Å². The van der Waals surface area contributed by atoms with Gasteiger partial charge in [0.2, 0.25) is 11.1 Å². The Morgan fingerprint density at radius 2 is 2.00 bits per heavy atom. The van der Waals surface area contributed by atoms with E-state index in [1.807, 2.05) is 11.0 Å². The molecule has 0 radical (unpaired) electrons. The van der Waals surface area contributed by atoms with Crippen LogP contribution >= 0.6 is 11.8 Å². The van der Waals surface area contributed by atoms with Crippen molar-refractivity contribution in [2.45, 2.75) is 63.1 Å². The van der Waals surface area contributed by atoms with Gasteiger partial charge in [-0.2, -0.15) is 5.10 Å². The maximum Gasteiger partial charge on any atom is 0.233 e. The van der Waals surface area contributed by atoms with E-state index in [4.69, 9.17) is 4.98 Å². The third-order valence-corrected chi connectivity index (χ3v) is 8.40. The zero-order valence-corrected chi connectivity index (χ0v) is 17.6. The quantitative estimate of drug-likeness (QED) is 0.743. The van der Waals surface area contributed by atoms with Crippen molar-refractivity contribution >= 4 is 17.7 Å². The molecule has 0 spiro atoms. The third kappa shape index (κ3) is 2.53. The summed E-state index contributed by atoms with van der Waals surface area (Å²) in [6.07, 6.45) is 3.26. The lowest BCUT2D eigenvalue weighted by atomic mass is 9.70. The summed E-state index contributed by atoms with van der Waals surface area (Å²) in [4.78, 5) is 19.6. The van der Waals surface area contributed by atoms with Gasteiger partial charge < -0.3 is 4.90 Å². The highest BCUT2D eigenvalue weighted by molar-refractivity contribution is 7.99. The molecular weight excluding hydrogens is 368 g/mol. The third-order valence-electron chi connectivity index (χ3n) is 7.58. The van der Waals surface area contributed by atoms with Crippen LogP contribution in [0.1, 0.15) is 62.0 Å². The molecule has 6 heteroatoms. The van der Waals surface area contributed by atoms with E-state index >= 15 is 0 Å². The first-order chi connectivity index (χ1) is 13.4. The van der Waals surface area contributed by atoms with E-state index in [-0.39, 0.29) is 16.7 Å². The summed E-state index contributed by atoms with van der Waals surface area (Å²) in [7, 11) is 0. The normalized spacial score (nSPS) is 26.8. The Labute approximate surface area is 170 Å². The van der Waals surface area contributed by atoms with Gasteiger partial charge >= 0.3 is 0 Å². The number of fused-ring (bicyclic) bond motifs is 6. The minimum Gasteiger partial charge on any atom is -0.337 e. The van der Waals surface area contributed by atoms with Crippen molar-refractivity contribution in [2.24, 2.45) is 5.41 Å². The first kappa shape index (κ1) is 18.1. The molecule has 146 valence electrons. The van der Waals surface area contributed by atoms with Gasteiger partial charge in [-0.25, -0.2) is 4.98 Å². The molecule has 0 N–H and O–H groups in total.